The highest BCUT2D eigenvalue weighted by Crippen LogP contribution is 2.37. The highest BCUT2D eigenvalue weighted by Gasteiger charge is 2.21. The molecule has 0 radical (unpaired) electrons. The lowest BCUT2D eigenvalue weighted by atomic mass is 10.1. The van der Waals surface area contributed by atoms with Gasteiger partial charge in [0.1, 0.15) is 5.60 Å². The first-order valence-electron chi connectivity index (χ1n) is 11.4. The van der Waals surface area contributed by atoms with Gasteiger partial charge in [-0.1, -0.05) is 19.4 Å². The third-order valence-electron chi connectivity index (χ3n) is 4.80. The van der Waals surface area contributed by atoms with E-state index in [2.05, 4.69) is 9.72 Å². The molecule has 9 heteroatoms. The van der Waals surface area contributed by atoms with E-state index >= 15 is 0 Å². The Kier molecular flexibility index (Phi) is 9.03. The molecule has 6 nitrogen and oxygen atoms in total. The van der Waals surface area contributed by atoms with Crippen molar-refractivity contribution in [3.05, 3.63) is 64.6 Å². The Hall–Kier alpha value is -3.20. The van der Waals surface area contributed by atoms with Crippen molar-refractivity contribution in [2.75, 3.05) is 11.5 Å². The maximum absolute atomic E-state index is 13.0. The van der Waals surface area contributed by atoms with Gasteiger partial charge >= 0.3 is 12.6 Å². The Bertz CT molecular complexity index is 1100. The highest BCUT2D eigenvalue weighted by molar-refractivity contribution is 7.09. The molecular formula is C26H30F2N2O4S. The summed E-state index contributed by atoms with van der Waals surface area (Å²) in [4.78, 5) is 19.8. The summed E-state index contributed by atoms with van der Waals surface area (Å²) in [6.07, 6.45) is 3.45. The standard InChI is InChI=1S/C26H30F2N2O4S/c1-5-6-12-32-23-14-20(10-11-22(23)33-25(27)28)30(16-21-15-29-17-35-21)19-9-7-8-18(13-19)24(31)34-26(2,3)4/h7-11,13-15,17,25H,5-6,12,16H2,1-4H3. The second kappa shape index (κ2) is 12.0. The van der Waals surface area contributed by atoms with Gasteiger partial charge in [0.15, 0.2) is 11.5 Å². The minimum atomic E-state index is -2.96. The van der Waals surface area contributed by atoms with Crippen LogP contribution in [0, 0.1) is 0 Å². The van der Waals surface area contributed by atoms with E-state index in [9.17, 15) is 13.6 Å². The van der Waals surface area contributed by atoms with E-state index in [1.807, 2.05) is 38.7 Å². The molecule has 0 aliphatic rings. The van der Waals surface area contributed by atoms with Crippen molar-refractivity contribution in [1.29, 1.82) is 0 Å². The Morgan fingerprint density at radius 3 is 2.54 bits per heavy atom. The smallest absolute Gasteiger partial charge is 0.387 e. The van der Waals surface area contributed by atoms with Crippen molar-refractivity contribution < 1.29 is 27.8 Å². The van der Waals surface area contributed by atoms with E-state index in [1.165, 1.54) is 17.4 Å². The van der Waals surface area contributed by atoms with E-state index in [4.69, 9.17) is 9.47 Å². The number of aromatic nitrogens is 1. The maximum Gasteiger partial charge on any atom is 0.387 e. The lowest BCUT2D eigenvalue weighted by Gasteiger charge is -2.26. The van der Waals surface area contributed by atoms with Crippen molar-refractivity contribution in [2.24, 2.45) is 0 Å². The molecule has 1 aromatic heterocycles. The van der Waals surface area contributed by atoms with Crippen LogP contribution in [0.25, 0.3) is 0 Å². The number of ether oxygens (including phenoxy) is 3. The number of benzene rings is 2. The lowest BCUT2D eigenvalue weighted by Crippen LogP contribution is -2.24. The van der Waals surface area contributed by atoms with Crippen LogP contribution in [-0.2, 0) is 11.3 Å². The first kappa shape index (κ1) is 26.4. The van der Waals surface area contributed by atoms with Crippen LogP contribution in [0.1, 0.15) is 55.8 Å². The number of thiazole rings is 1. The molecule has 3 rings (SSSR count). The molecule has 0 aliphatic carbocycles. The van der Waals surface area contributed by atoms with Crippen molar-refractivity contribution in [3.63, 3.8) is 0 Å². The number of hydrogen-bond donors (Lipinski definition) is 0. The molecule has 0 unspecified atom stereocenters. The minimum absolute atomic E-state index is 0.0277. The predicted octanol–water partition coefficient (Wildman–Crippen LogP) is 7.22. The largest absolute Gasteiger partial charge is 0.490 e. The van der Waals surface area contributed by atoms with Crippen LogP contribution in [0.5, 0.6) is 11.5 Å². The predicted molar refractivity (Wildman–Crippen MR) is 133 cm³/mol. The van der Waals surface area contributed by atoms with Crippen LogP contribution >= 0.6 is 11.3 Å². The molecule has 0 atom stereocenters. The van der Waals surface area contributed by atoms with E-state index in [1.54, 1.807) is 42.0 Å². The number of esters is 1. The number of rotatable bonds is 11. The van der Waals surface area contributed by atoms with Crippen LogP contribution in [0.15, 0.2) is 54.2 Å². The Balaban J connectivity index is 2.01. The topological polar surface area (TPSA) is 60.9 Å². The van der Waals surface area contributed by atoms with Gasteiger partial charge in [-0.3, -0.25) is 4.98 Å². The zero-order chi connectivity index (χ0) is 25.4. The van der Waals surface area contributed by atoms with Crippen LogP contribution in [-0.4, -0.2) is 29.8 Å². The van der Waals surface area contributed by atoms with Crippen molar-refractivity contribution in [2.45, 2.75) is 59.3 Å². The second-order valence-electron chi connectivity index (χ2n) is 8.82. The first-order chi connectivity index (χ1) is 16.7. The average Bonchev–Trinajstić information content (AvgIpc) is 3.31. The van der Waals surface area contributed by atoms with Gasteiger partial charge in [-0.05, 0) is 57.5 Å². The van der Waals surface area contributed by atoms with Gasteiger partial charge in [0, 0.05) is 28.5 Å². The van der Waals surface area contributed by atoms with Crippen molar-refractivity contribution >= 4 is 28.7 Å². The summed E-state index contributed by atoms with van der Waals surface area (Å²) in [5.41, 5.74) is 2.94. The monoisotopic (exact) mass is 504 g/mol. The molecule has 1 heterocycles. The summed E-state index contributed by atoms with van der Waals surface area (Å²) in [6, 6.07) is 11.9. The molecule has 0 amide bonds. The third kappa shape index (κ3) is 7.92. The van der Waals surface area contributed by atoms with Gasteiger partial charge < -0.3 is 19.1 Å². The fourth-order valence-corrected chi connectivity index (χ4v) is 3.83. The summed E-state index contributed by atoms with van der Waals surface area (Å²) < 4.78 is 41.9. The van der Waals surface area contributed by atoms with Crippen LogP contribution in [0.3, 0.4) is 0 Å². The molecule has 0 aliphatic heterocycles. The molecule has 2 aromatic carbocycles. The molecule has 35 heavy (non-hydrogen) atoms. The average molecular weight is 505 g/mol. The van der Waals surface area contributed by atoms with E-state index in [0.29, 0.717) is 24.4 Å². The van der Waals surface area contributed by atoms with Crippen molar-refractivity contribution in [3.8, 4) is 11.5 Å². The molecule has 0 bridgehead atoms. The first-order valence-corrected chi connectivity index (χ1v) is 12.2. The van der Waals surface area contributed by atoms with Crippen LogP contribution in [0.4, 0.5) is 20.2 Å². The highest BCUT2D eigenvalue weighted by atomic mass is 32.1. The number of carbonyl (C=O) groups excluding carboxylic acids is 1. The number of carbonyl (C=O) groups is 1. The summed E-state index contributed by atoms with van der Waals surface area (Å²) >= 11 is 1.49. The fourth-order valence-electron chi connectivity index (χ4n) is 3.24. The van der Waals surface area contributed by atoms with Crippen LogP contribution in [0.2, 0.25) is 0 Å². The van der Waals surface area contributed by atoms with Crippen LogP contribution < -0.4 is 14.4 Å². The molecule has 0 N–H and O–H groups in total. The molecule has 0 spiro atoms. The quantitative estimate of drug-likeness (QED) is 0.203. The summed E-state index contributed by atoms with van der Waals surface area (Å²) in [5, 5.41) is 0. The molecule has 3 aromatic rings. The Morgan fingerprint density at radius 1 is 1.11 bits per heavy atom. The maximum atomic E-state index is 13.0. The van der Waals surface area contributed by atoms with Gasteiger partial charge in [0.25, 0.3) is 0 Å². The van der Waals surface area contributed by atoms with E-state index < -0.39 is 18.2 Å². The van der Waals surface area contributed by atoms with Gasteiger partial charge in [0.2, 0.25) is 0 Å². The number of halogens is 2. The summed E-state index contributed by atoms with van der Waals surface area (Å²) in [5.74, 6) is -0.227. The SMILES string of the molecule is CCCCOc1cc(N(Cc2cncs2)c2cccc(C(=O)OC(C)(C)C)c2)ccc1OC(F)F. The summed E-state index contributed by atoms with van der Waals surface area (Å²) in [6.45, 7) is 5.32. The molecule has 0 fully saturated rings. The van der Waals surface area contributed by atoms with E-state index in [0.717, 1.165) is 23.4 Å². The number of alkyl halides is 2. The van der Waals surface area contributed by atoms with E-state index in [-0.39, 0.29) is 11.5 Å². The second-order valence-corrected chi connectivity index (χ2v) is 9.79. The third-order valence-corrected chi connectivity index (χ3v) is 5.56. The zero-order valence-corrected chi connectivity index (χ0v) is 21.1. The lowest BCUT2D eigenvalue weighted by molar-refractivity contribution is -0.0515. The molecule has 0 saturated carbocycles. The Morgan fingerprint density at radius 2 is 1.89 bits per heavy atom. The normalized spacial score (nSPS) is 11.4. The van der Waals surface area contributed by atoms with Crippen molar-refractivity contribution in [1.82, 2.24) is 4.98 Å². The van der Waals surface area contributed by atoms with Gasteiger partial charge in [0.05, 0.1) is 24.2 Å². The minimum Gasteiger partial charge on any atom is -0.490 e. The number of nitrogens with zero attached hydrogens (tertiary/aromatic N) is 2. The molecule has 0 saturated heterocycles. The zero-order valence-electron chi connectivity index (χ0n) is 20.3. The number of anilines is 2. The Labute approximate surface area is 208 Å². The van der Waals surface area contributed by atoms with Gasteiger partial charge in [-0.25, -0.2) is 4.79 Å². The molecular weight excluding hydrogens is 474 g/mol. The fraction of sp³-hybridized carbons (Fsp3) is 0.385. The molecule has 188 valence electrons. The summed E-state index contributed by atoms with van der Waals surface area (Å²) in [7, 11) is 0. The number of hydrogen-bond acceptors (Lipinski definition) is 7. The van der Waals surface area contributed by atoms with Gasteiger partial charge in [-0.15, -0.1) is 11.3 Å². The van der Waals surface area contributed by atoms with Gasteiger partial charge in [-0.2, -0.15) is 8.78 Å². The number of unbranched alkanes of at least 4 members (excludes halogenated alkanes) is 1.